The van der Waals surface area contributed by atoms with Crippen LogP contribution >= 0.6 is 11.6 Å². The van der Waals surface area contributed by atoms with Crippen LogP contribution in [0.3, 0.4) is 0 Å². The number of hydrogen-bond acceptors (Lipinski definition) is 3. The fourth-order valence-corrected chi connectivity index (χ4v) is 2.36. The van der Waals surface area contributed by atoms with Crippen molar-refractivity contribution in [1.29, 1.82) is 0 Å². The minimum atomic E-state index is -0.886. The Labute approximate surface area is 126 Å². The number of carbonyl (C=O) groups excluding carboxylic acids is 1. The lowest BCUT2D eigenvalue weighted by Crippen LogP contribution is -2.29. The highest BCUT2D eigenvalue weighted by Crippen LogP contribution is 2.30. The first-order valence-electron chi connectivity index (χ1n) is 6.57. The maximum Gasteiger partial charge on any atom is 0.303 e. The van der Waals surface area contributed by atoms with Gasteiger partial charge in [0.2, 0.25) is 0 Å². The number of nitrogens with one attached hydrogen (secondary N) is 1. The van der Waals surface area contributed by atoms with Crippen molar-refractivity contribution >= 4 is 34.4 Å². The third kappa shape index (κ3) is 3.36. The molecule has 1 aromatic carbocycles. The molecule has 112 valence electrons. The summed E-state index contributed by atoms with van der Waals surface area (Å²) in [4.78, 5) is 22.7. The zero-order valence-electron chi connectivity index (χ0n) is 11.8. The highest BCUT2D eigenvalue weighted by atomic mass is 35.5. The van der Waals surface area contributed by atoms with Gasteiger partial charge in [-0.2, -0.15) is 0 Å². The van der Waals surface area contributed by atoms with Crippen LogP contribution in [0.2, 0.25) is 5.02 Å². The summed E-state index contributed by atoms with van der Waals surface area (Å²) in [6.45, 7) is 3.82. The number of amides is 1. The van der Waals surface area contributed by atoms with E-state index in [-0.39, 0.29) is 30.6 Å². The smallest absolute Gasteiger partial charge is 0.303 e. The van der Waals surface area contributed by atoms with Gasteiger partial charge in [0.15, 0.2) is 11.3 Å². The van der Waals surface area contributed by atoms with Crippen LogP contribution in [0, 0.1) is 12.8 Å². The van der Waals surface area contributed by atoms with Gasteiger partial charge in [-0.3, -0.25) is 9.59 Å². The summed E-state index contributed by atoms with van der Waals surface area (Å²) >= 11 is 6.04. The maximum atomic E-state index is 12.1. The van der Waals surface area contributed by atoms with Crippen LogP contribution in [-0.2, 0) is 4.79 Å². The van der Waals surface area contributed by atoms with Gasteiger partial charge in [-0.05, 0) is 18.9 Å². The van der Waals surface area contributed by atoms with Gasteiger partial charge < -0.3 is 14.8 Å². The molecular weight excluding hydrogens is 294 g/mol. The molecule has 1 atom stereocenters. The molecule has 0 spiro atoms. The van der Waals surface area contributed by atoms with Gasteiger partial charge >= 0.3 is 5.97 Å². The summed E-state index contributed by atoms with van der Waals surface area (Å²) in [6, 6.07) is 5.33. The lowest BCUT2D eigenvalue weighted by atomic mass is 10.1. The van der Waals surface area contributed by atoms with Crippen LogP contribution in [0.4, 0.5) is 0 Å². The van der Waals surface area contributed by atoms with Crippen molar-refractivity contribution < 1.29 is 19.1 Å². The average Bonchev–Trinajstić information content (AvgIpc) is 2.75. The number of para-hydroxylation sites is 1. The number of furan rings is 1. The molecule has 1 heterocycles. The van der Waals surface area contributed by atoms with Crippen LogP contribution in [0.5, 0.6) is 0 Å². The van der Waals surface area contributed by atoms with Crippen LogP contribution < -0.4 is 5.32 Å². The predicted octanol–water partition coefficient (Wildman–Crippen LogP) is 3.24. The van der Waals surface area contributed by atoms with Gasteiger partial charge in [-0.15, -0.1) is 0 Å². The molecule has 1 amide bonds. The van der Waals surface area contributed by atoms with Crippen molar-refractivity contribution in [3.63, 3.8) is 0 Å². The lowest BCUT2D eigenvalue weighted by Gasteiger charge is -2.09. The minimum Gasteiger partial charge on any atom is -0.481 e. The van der Waals surface area contributed by atoms with E-state index < -0.39 is 5.97 Å². The highest BCUT2D eigenvalue weighted by Gasteiger charge is 2.19. The Bertz CT molecular complexity index is 692. The van der Waals surface area contributed by atoms with Crippen molar-refractivity contribution in [2.45, 2.75) is 20.3 Å². The Hall–Kier alpha value is -2.01. The highest BCUT2D eigenvalue weighted by molar-refractivity contribution is 6.35. The number of fused-ring (bicyclic) bond motifs is 1. The van der Waals surface area contributed by atoms with E-state index in [9.17, 15) is 9.59 Å². The molecule has 0 saturated carbocycles. The van der Waals surface area contributed by atoms with Gasteiger partial charge in [-0.1, -0.05) is 30.7 Å². The fraction of sp³-hybridized carbons (Fsp3) is 0.333. The van der Waals surface area contributed by atoms with E-state index >= 15 is 0 Å². The summed E-state index contributed by atoms with van der Waals surface area (Å²) in [5, 5.41) is 12.6. The molecule has 0 aliphatic carbocycles. The SMILES string of the molecule is Cc1c(C(=O)NCC(C)CC(=O)O)oc2c(Cl)cccc12. The van der Waals surface area contributed by atoms with E-state index in [1.54, 1.807) is 26.0 Å². The van der Waals surface area contributed by atoms with Crippen molar-refractivity contribution in [1.82, 2.24) is 5.32 Å². The molecule has 1 unspecified atom stereocenters. The summed E-state index contributed by atoms with van der Waals surface area (Å²) < 4.78 is 5.54. The monoisotopic (exact) mass is 309 g/mol. The van der Waals surface area contributed by atoms with Crippen LogP contribution in [0.1, 0.15) is 29.5 Å². The maximum absolute atomic E-state index is 12.1. The van der Waals surface area contributed by atoms with E-state index in [0.717, 1.165) is 10.9 Å². The zero-order chi connectivity index (χ0) is 15.6. The number of carbonyl (C=O) groups is 2. The molecule has 0 radical (unpaired) electrons. The Morgan fingerprint density at radius 3 is 2.76 bits per heavy atom. The number of halogens is 1. The van der Waals surface area contributed by atoms with Crippen LogP contribution in [-0.4, -0.2) is 23.5 Å². The van der Waals surface area contributed by atoms with Gasteiger partial charge in [0.1, 0.15) is 0 Å². The quantitative estimate of drug-likeness (QED) is 0.888. The number of rotatable bonds is 5. The van der Waals surface area contributed by atoms with E-state index in [0.29, 0.717) is 10.6 Å². The molecule has 5 nitrogen and oxygen atoms in total. The molecule has 0 aliphatic heterocycles. The van der Waals surface area contributed by atoms with Crippen molar-refractivity contribution in [3.05, 3.63) is 34.5 Å². The van der Waals surface area contributed by atoms with Gasteiger partial charge in [0, 0.05) is 23.9 Å². The Kier molecular flexibility index (Phi) is 4.53. The number of carboxylic acids is 1. The van der Waals surface area contributed by atoms with Crippen molar-refractivity contribution in [2.75, 3.05) is 6.54 Å². The number of benzene rings is 1. The molecule has 2 N–H and O–H groups in total. The van der Waals surface area contributed by atoms with E-state index in [1.165, 1.54) is 0 Å². The standard InChI is InChI=1S/C15H16ClNO4/c1-8(6-12(18)19)7-17-15(20)13-9(2)10-4-3-5-11(16)14(10)21-13/h3-5,8H,6-7H2,1-2H3,(H,17,20)(H,18,19). The van der Waals surface area contributed by atoms with E-state index in [1.807, 2.05) is 6.07 Å². The largest absolute Gasteiger partial charge is 0.481 e. The van der Waals surface area contributed by atoms with Gasteiger partial charge in [0.25, 0.3) is 5.91 Å². The average molecular weight is 310 g/mol. The summed E-state index contributed by atoms with van der Waals surface area (Å²) in [7, 11) is 0. The van der Waals surface area contributed by atoms with Crippen LogP contribution in [0.15, 0.2) is 22.6 Å². The fourth-order valence-electron chi connectivity index (χ4n) is 2.14. The summed E-state index contributed by atoms with van der Waals surface area (Å²) in [5.74, 6) is -1.19. The van der Waals surface area contributed by atoms with E-state index in [4.69, 9.17) is 21.1 Å². The number of hydrogen-bond donors (Lipinski definition) is 2. The third-order valence-corrected chi connectivity index (χ3v) is 3.55. The number of aryl methyl sites for hydroxylation is 1. The minimum absolute atomic E-state index is 0.00518. The normalized spacial score (nSPS) is 12.3. The molecule has 1 aromatic heterocycles. The van der Waals surface area contributed by atoms with Gasteiger partial charge in [-0.25, -0.2) is 0 Å². The first-order valence-corrected chi connectivity index (χ1v) is 6.95. The second-order valence-corrected chi connectivity index (χ2v) is 5.49. The molecule has 0 saturated heterocycles. The molecular formula is C15H16ClNO4. The molecule has 0 aliphatic rings. The Balaban J connectivity index is 2.15. The topological polar surface area (TPSA) is 79.5 Å². The molecule has 0 bridgehead atoms. The molecule has 2 rings (SSSR count). The Morgan fingerprint density at radius 2 is 2.14 bits per heavy atom. The zero-order valence-corrected chi connectivity index (χ0v) is 12.5. The predicted molar refractivity (Wildman–Crippen MR) is 79.7 cm³/mol. The number of aliphatic carboxylic acids is 1. The number of carboxylic acid groups (broad SMARTS) is 1. The summed E-state index contributed by atoms with van der Waals surface area (Å²) in [5.41, 5.74) is 1.20. The first-order chi connectivity index (χ1) is 9.90. The van der Waals surface area contributed by atoms with Crippen LogP contribution in [0.25, 0.3) is 11.0 Å². The third-order valence-electron chi connectivity index (χ3n) is 3.26. The molecule has 2 aromatic rings. The molecule has 6 heteroatoms. The van der Waals surface area contributed by atoms with E-state index in [2.05, 4.69) is 5.32 Å². The Morgan fingerprint density at radius 1 is 1.43 bits per heavy atom. The van der Waals surface area contributed by atoms with Crippen molar-refractivity contribution in [2.24, 2.45) is 5.92 Å². The molecule has 0 fully saturated rings. The lowest BCUT2D eigenvalue weighted by molar-refractivity contribution is -0.137. The summed E-state index contributed by atoms with van der Waals surface area (Å²) in [6.07, 6.45) is 0.00518. The second-order valence-electron chi connectivity index (χ2n) is 5.09. The second kappa shape index (κ2) is 6.18. The first kappa shape index (κ1) is 15.4. The van der Waals surface area contributed by atoms with Gasteiger partial charge in [0.05, 0.1) is 5.02 Å². The molecule has 21 heavy (non-hydrogen) atoms. The van der Waals surface area contributed by atoms with Crippen molar-refractivity contribution in [3.8, 4) is 0 Å².